The van der Waals surface area contributed by atoms with Crippen molar-refractivity contribution in [2.75, 3.05) is 13.2 Å². The van der Waals surface area contributed by atoms with Gasteiger partial charge in [-0.1, -0.05) is 6.92 Å². The predicted molar refractivity (Wildman–Crippen MR) is 72.4 cm³/mol. The van der Waals surface area contributed by atoms with E-state index in [9.17, 15) is 0 Å². The van der Waals surface area contributed by atoms with Crippen molar-refractivity contribution in [1.29, 1.82) is 0 Å². The lowest BCUT2D eigenvalue weighted by atomic mass is 10.2. The Balaban J connectivity index is 2.24. The maximum atomic E-state index is 5.42. The van der Waals surface area contributed by atoms with E-state index in [0.717, 1.165) is 23.8 Å². The molecule has 2 rings (SSSR count). The molecule has 0 radical (unpaired) electrons. The average molecular weight is 261 g/mol. The van der Waals surface area contributed by atoms with Gasteiger partial charge < -0.3 is 10.1 Å². The van der Waals surface area contributed by atoms with Gasteiger partial charge in [0.15, 0.2) is 5.82 Å². The summed E-state index contributed by atoms with van der Waals surface area (Å²) in [6, 6.07) is 7.84. The predicted octanol–water partition coefficient (Wildman–Crippen LogP) is 1.73. The first-order valence-electron chi connectivity index (χ1n) is 6.51. The summed E-state index contributed by atoms with van der Waals surface area (Å²) in [4.78, 5) is 0. The summed E-state index contributed by atoms with van der Waals surface area (Å²) >= 11 is 0. The van der Waals surface area contributed by atoms with Gasteiger partial charge in [0.05, 0.1) is 18.3 Å². The molecule has 19 heavy (non-hydrogen) atoms. The minimum atomic E-state index is 0.103. The number of aromatic nitrogens is 4. The molecule has 6 heteroatoms. The number of tetrazole rings is 1. The number of ether oxygens (including phenoxy) is 1. The van der Waals surface area contributed by atoms with E-state index in [2.05, 4.69) is 27.8 Å². The lowest BCUT2D eigenvalue weighted by molar-refractivity contribution is 0.340. The molecule has 0 saturated heterocycles. The molecule has 0 bridgehead atoms. The first-order valence-corrected chi connectivity index (χ1v) is 6.51. The Morgan fingerprint density at radius 3 is 2.63 bits per heavy atom. The highest BCUT2D eigenvalue weighted by Gasteiger charge is 2.14. The van der Waals surface area contributed by atoms with Crippen LogP contribution in [-0.2, 0) is 0 Å². The Morgan fingerprint density at radius 2 is 2.00 bits per heavy atom. The van der Waals surface area contributed by atoms with Crippen LogP contribution < -0.4 is 10.1 Å². The SMILES string of the molecule is CCNC(C)c1nnnn1-c1ccc(OCC)cc1. The number of hydrogen-bond acceptors (Lipinski definition) is 5. The third kappa shape index (κ3) is 3.08. The number of nitrogens with zero attached hydrogens (tertiary/aromatic N) is 4. The molecule has 102 valence electrons. The molecular weight excluding hydrogens is 242 g/mol. The van der Waals surface area contributed by atoms with Crippen LogP contribution in [0.1, 0.15) is 32.6 Å². The maximum Gasteiger partial charge on any atom is 0.173 e. The first-order chi connectivity index (χ1) is 9.26. The van der Waals surface area contributed by atoms with Gasteiger partial charge in [0.1, 0.15) is 5.75 Å². The number of rotatable bonds is 6. The van der Waals surface area contributed by atoms with E-state index in [1.54, 1.807) is 4.68 Å². The summed E-state index contributed by atoms with van der Waals surface area (Å²) in [5, 5.41) is 15.2. The lowest BCUT2D eigenvalue weighted by Crippen LogP contribution is -2.21. The highest BCUT2D eigenvalue weighted by atomic mass is 16.5. The average Bonchev–Trinajstić information content (AvgIpc) is 2.89. The molecule has 0 aliphatic carbocycles. The van der Waals surface area contributed by atoms with Crippen molar-refractivity contribution in [3.63, 3.8) is 0 Å². The third-order valence-corrected chi connectivity index (χ3v) is 2.78. The fourth-order valence-corrected chi connectivity index (χ4v) is 1.90. The summed E-state index contributed by atoms with van der Waals surface area (Å²) in [6.45, 7) is 7.59. The maximum absolute atomic E-state index is 5.42. The summed E-state index contributed by atoms with van der Waals surface area (Å²) in [5.41, 5.74) is 0.924. The van der Waals surface area contributed by atoms with E-state index >= 15 is 0 Å². The second-order valence-electron chi connectivity index (χ2n) is 4.16. The minimum Gasteiger partial charge on any atom is -0.494 e. The molecule has 2 aromatic rings. The Morgan fingerprint density at radius 1 is 1.26 bits per heavy atom. The van der Waals surface area contributed by atoms with Gasteiger partial charge in [-0.3, -0.25) is 0 Å². The van der Waals surface area contributed by atoms with Crippen molar-refractivity contribution < 1.29 is 4.74 Å². The van der Waals surface area contributed by atoms with E-state index in [4.69, 9.17) is 4.74 Å². The standard InChI is InChI=1S/C13H19N5O/c1-4-14-10(3)13-15-16-17-18(13)11-6-8-12(9-7-11)19-5-2/h6-10,14H,4-5H2,1-3H3. The molecule has 0 fully saturated rings. The van der Waals surface area contributed by atoms with E-state index in [-0.39, 0.29) is 6.04 Å². The Hall–Kier alpha value is -1.95. The number of nitrogens with one attached hydrogen (secondary N) is 1. The molecule has 1 aromatic carbocycles. The van der Waals surface area contributed by atoms with Gasteiger partial charge in [-0.2, -0.15) is 4.68 Å². The zero-order valence-corrected chi connectivity index (χ0v) is 11.5. The van der Waals surface area contributed by atoms with Crippen molar-refractivity contribution in [3.8, 4) is 11.4 Å². The molecule has 0 spiro atoms. The molecule has 0 saturated carbocycles. The van der Waals surface area contributed by atoms with E-state index in [1.807, 2.05) is 38.1 Å². The van der Waals surface area contributed by atoms with E-state index in [1.165, 1.54) is 0 Å². The lowest BCUT2D eigenvalue weighted by Gasteiger charge is -2.12. The van der Waals surface area contributed by atoms with Crippen LogP contribution in [-0.4, -0.2) is 33.4 Å². The molecule has 0 amide bonds. The molecule has 1 unspecified atom stereocenters. The van der Waals surface area contributed by atoms with Crippen LogP contribution in [0.25, 0.3) is 5.69 Å². The highest BCUT2D eigenvalue weighted by Crippen LogP contribution is 2.17. The molecule has 1 N–H and O–H groups in total. The normalized spacial score (nSPS) is 12.4. The largest absolute Gasteiger partial charge is 0.494 e. The van der Waals surface area contributed by atoms with Crippen molar-refractivity contribution in [3.05, 3.63) is 30.1 Å². The minimum absolute atomic E-state index is 0.103. The van der Waals surface area contributed by atoms with Crippen LogP contribution in [0.2, 0.25) is 0 Å². The van der Waals surface area contributed by atoms with Crippen LogP contribution >= 0.6 is 0 Å². The van der Waals surface area contributed by atoms with Crippen molar-refractivity contribution in [1.82, 2.24) is 25.5 Å². The van der Waals surface area contributed by atoms with Crippen LogP contribution in [0, 0.1) is 0 Å². The second kappa shape index (κ2) is 6.29. The van der Waals surface area contributed by atoms with Gasteiger partial charge in [-0.05, 0) is 55.1 Å². The molecule has 0 aliphatic rings. The van der Waals surface area contributed by atoms with Gasteiger partial charge in [-0.15, -0.1) is 5.10 Å². The van der Waals surface area contributed by atoms with E-state index in [0.29, 0.717) is 6.61 Å². The molecule has 0 aliphatic heterocycles. The van der Waals surface area contributed by atoms with Crippen LogP contribution in [0.15, 0.2) is 24.3 Å². The fraction of sp³-hybridized carbons (Fsp3) is 0.462. The fourth-order valence-electron chi connectivity index (χ4n) is 1.90. The van der Waals surface area contributed by atoms with Crippen LogP contribution in [0.3, 0.4) is 0 Å². The third-order valence-electron chi connectivity index (χ3n) is 2.78. The van der Waals surface area contributed by atoms with Gasteiger partial charge in [-0.25, -0.2) is 0 Å². The molecular formula is C13H19N5O. The Kier molecular flexibility index (Phi) is 4.46. The summed E-state index contributed by atoms with van der Waals surface area (Å²) in [7, 11) is 0. The quantitative estimate of drug-likeness (QED) is 0.858. The zero-order chi connectivity index (χ0) is 13.7. The Bertz CT molecular complexity index is 508. The van der Waals surface area contributed by atoms with E-state index < -0.39 is 0 Å². The number of hydrogen-bond donors (Lipinski definition) is 1. The summed E-state index contributed by atoms with van der Waals surface area (Å²) in [5.74, 6) is 1.65. The summed E-state index contributed by atoms with van der Waals surface area (Å²) < 4.78 is 7.16. The summed E-state index contributed by atoms with van der Waals surface area (Å²) in [6.07, 6.45) is 0. The van der Waals surface area contributed by atoms with Crippen molar-refractivity contribution in [2.45, 2.75) is 26.8 Å². The first kappa shape index (κ1) is 13.5. The van der Waals surface area contributed by atoms with Crippen molar-refractivity contribution >= 4 is 0 Å². The van der Waals surface area contributed by atoms with Crippen molar-refractivity contribution in [2.24, 2.45) is 0 Å². The van der Waals surface area contributed by atoms with Gasteiger partial charge >= 0.3 is 0 Å². The van der Waals surface area contributed by atoms with Gasteiger partial charge in [0.2, 0.25) is 0 Å². The second-order valence-corrected chi connectivity index (χ2v) is 4.16. The Labute approximate surface area is 112 Å². The van der Waals surface area contributed by atoms with Crippen LogP contribution in [0.4, 0.5) is 0 Å². The van der Waals surface area contributed by atoms with Crippen LogP contribution in [0.5, 0.6) is 5.75 Å². The van der Waals surface area contributed by atoms with Gasteiger partial charge in [0.25, 0.3) is 0 Å². The monoisotopic (exact) mass is 261 g/mol. The highest BCUT2D eigenvalue weighted by molar-refractivity contribution is 5.37. The smallest absolute Gasteiger partial charge is 0.173 e. The molecule has 1 atom stereocenters. The molecule has 1 heterocycles. The zero-order valence-electron chi connectivity index (χ0n) is 11.5. The topological polar surface area (TPSA) is 64.9 Å². The molecule has 1 aromatic heterocycles. The molecule has 6 nitrogen and oxygen atoms in total. The number of benzene rings is 1. The van der Waals surface area contributed by atoms with Gasteiger partial charge in [0, 0.05) is 0 Å².